The molecule has 1 aromatic carbocycles. The molecule has 0 aliphatic carbocycles. The summed E-state index contributed by atoms with van der Waals surface area (Å²) in [5.41, 5.74) is 6.66. The zero-order valence-electron chi connectivity index (χ0n) is 9.33. The number of aliphatic carboxylic acids is 1. The van der Waals surface area contributed by atoms with Gasteiger partial charge in [0.25, 0.3) is 0 Å². The molecule has 1 aliphatic rings. The summed E-state index contributed by atoms with van der Waals surface area (Å²) in [4.78, 5) is 10.6. The first-order valence-corrected chi connectivity index (χ1v) is 6.62. The molecule has 0 bridgehead atoms. The molecule has 0 aromatic heterocycles. The van der Waals surface area contributed by atoms with Crippen molar-refractivity contribution in [3.05, 3.63) is 29.8 Å². The summed E-state index contributed by atoms with van der Waals surface area (Å²) >= 11 is 1.56. The number of benzene rings is 1. The van der Waals surface area contributed by atoms with Gasteiger partial charge < -0.3 is 15.6 Å². The van der Waals surface area contributed by atoms with Gasteiger partial charge in [-0.15, -0.1) is 0 Å². The first-order valence-electron chi connectivity index (χ1n) is 5.46. The first kappa shape index (κ1) is 12.3. The van der Waals surface area contributed by atoms with Crippen molar-refractivity contribution in [3.63, 3.8) is 0 Å². The molecular formula is C12H15NO3S. The smallest absolute Gasteiger partial charge is 0.321 e. The van der Waals surface area contributed by atoms with E-state index in [1.54, 1.807) is 11.8 Å². The van der Waals surface area contributed by atoms with E-state index in [2.05, 4.69) is 6.07 Å². The molecule has 2 atom stereocenters. The second-order valence-electron chi connectivity index (χ2n) is 4.03. The number of carboxylic acids is 1. The zero-order valence-corrected chi connectivity index (χ0v) is 10.2. The highest BCUT2D eigenvalue weighted by molar-refractivity contribution is 7.99. The molecular weight excluding hydrogens is 238 g/mol. The van der Waals surface area contributed by atoms with Crippen LogP contribution in [0.2, 0.25) is 0 Å². The van der Waals surface area contributed by atoms with E-state index < -0.39 is 12.0 Å². The van der Waals surface area contributed by atoms with Crippen LogP contribution in [-0.2, 0) is 4.79 Å². The van der Waals surface area contributed by atoms with E-state index in [9.17, 15) is 4.79 Å². The molecule has 1 aromatic rings. The largest absolute Gasteiger partial charge is 0.493 e. The molecule has 4 nitrogen and oxygen atoms in total. The maximum absolute atomic E-state index is 10.6. The van der Waals surface area contributed by atoms with Crippen molar-refractivity contribution in [3.8, 4) is 5.75 Å². The summed E-state index contributed by atoms with van der Waals surface area (Å²) in [6.07, 6.45) is 0. The third-order valence-corrected chi connectivity index (χ3v) is 3.97. The molecule has 0 saturated carbocycles. The average Bonchev–Trinajstić information content (AvgIpc) is 2.72. The highest BCUT2D eigenvalue weighted by Crippen LogP contribution is 2.35. The average molecular weight is 253 g/mol. The molecule has 1 aliphatic heterocycles. The quantitative estimate of drug-likeness (QED) is 0.827. The van der Waals surface area contributed by atoms with E-state index in [0.717, 1.165) is 11.5 Å². The summed E-state index contributed by atoms with van der Waals surface area (Å²) in [6, 6.07) is 7.19. The van der Waals surface area contributed by atoms with Crippen LogP contribution in [0.4, 0.5) is 0 Å². The van der Waals surface area contributed by atoms with Gasteiger partial charge in [-0.3, -0.25) is 4.79 Å². The van der Waals surface area contributed by atoms with Gasteiger partial charge in [0.15, 0.2) is 0 Å². The minimum absolute atomic E-state index is 0.345. The maximum Gasteiger partial charge on any atom is 0.321 e. The highest BCUT2D eigenvalue weighted by atomic mass is 32.2. The number of nitrogens with two attached hydrogens (primary N) is 1. The number of fused-ring (bicyclic) bond motifs is 1. The zero-order chi connectivity index (χ0) is 12.3. The Kier molecular flexibility index (Phi) is 3.91. The van der Waals surface area contributed by atoms with Crippen molar-refractivity contribution in [2.45, 2.75) is 12.0 Å². The van der Waals surface area contributed by atoms with Crippen LogP contribution < -0.4 is 10.5 Å². The van der Waals surface area contributed by atoms with Crippen molar-refractivity contribution in [2.75, 3.05) is 18.1 Å². The minimum Gasteiger partial charge on any atom is -0.493 e. The lowest BCUT2D eigenvalue weighted by atomic mass is 10.0. The monoisotopic (exact) mass is 253 g/mol. The number of hydrogen-bond acceptors (Lipinski definition) is 4. The summed E-state index contributed by atoms with van der Waals surface area (Å²) in [6.45, 7) is 0.675. The Morgan fingerprint density at radius 1 is 1.59 bits per heavy atom. The molecule has 0 spiro atoms. The minimum atomic E-state index is -0.944. The number of thioether (sulfide) groups is 1. The van der Waals surface area contributed by atoms with E-state index in [4.69, 9.17) is 15.6 Å². The summed E-state index contributed by atoms with van der Waals surface area (Å²) in [5, 5.41) is 8.67. The Balaban J connectivity index is 1.84. The number of carbonyl (C=O) groups is 1. The number of para-hydroxylation sites is 1. The fraction of sp³-hybridized carbons (Fsp3) is 0.417. The molecule has 0 saturated heterocycles. The Morgan fingerprint density at radius 3 is 3.12 bits per heavy atom. The van der Waals surface area contributed by atoms with Crippen LogP contribution in [0.5, 0.6) is 5.75 Å². The fourth-order valence-electron chi connectivity index (χ4n) is 1.78. The third-order valence-electron chi connectivity index (χ3n) is 2.73. The van der Waals surface area contributed by atoms with Crippen LogP contribution in [0, 0.1) is 0 Å². The van der Waals surface area contributed by atoms with Crippen LogP contribution in [-0.4, -0.2) is 35.2 Å². The van der Waals surface area contributed by atoms with E-state index in [0.29, 0.717) is 18.3 Å². The van der Waals surface area contributed by atoms with Crippen LogP contribution in [0.3, 0.4) is 0 Å². The van der Waals surface area contributed by atoms with Crippen LogP contribution in [0.25, 0.3) is 0 Å². The lowest BCUT2D eigenvalue weighted by molar-refractivity contribution is -0.137. The van der Waals surface area contributed by atoms with Crippen molar-refractivity contribution in [1.29, 1.82) is 0 Å². The Labute approximate surface area is 104 Å². The van der Waals surface area contributed by atoms with Crippen LogP contribution >= 0.6 is 11.8 Å². The van der Waals surface area contributed by atoms with Gasteiger partial charge in [-0.05, 0) is 6.07 Å². The van der Waals surface area contributed by atoms with Gasteiger partial charge in [-0.2, -0.15) is 11.8 Å². The highest BCUT2D eigenvalue weighted by Gasteiger charge is 2.23. The molecule has 3 N–H and O–H groups in total. The lowest BCUT2D eigenvalue weighted by Gasteiger charge is -2.10. The Bertz CT molecular complexity index is 410. The van der Waals surface area contributed by atoms with E-state index in [1.807, 2.05) is 18.2 Å². The van der Waals surface area contributed by atoms with Gasteiger partial charge in [-0.25, -0.2) is 0 Å². The maximum atomic E-state index is 10.6. The molecule has 2 rings (SSSR count). The lowest BCUT2D eigenvalue weighted by Crippen LogP contribution is -2.32. The molecule has 0 radical (unpaired) electrons. The second-order valence-corrected chi connectivity index (χ2v) is 5.10. The van der Waals surface area contributed by atoms with Crippen molar-refractivity contribution in [1.82, 2.24) is 0 Å². The molecule has 0 amide bonds. The van der Waals surface area contributed by atoms with Gasteiger partial charge in [0.2, 0.25) is 0 Å². The molecule has 2 unspecified atom stereocenters. The summed E-state index contributed by atoms with van der Waals surface area (Å²) < 4.78 is 5.56. The van der Waals surface area contributed by atoms with Gasteiger partial charge in [-0.1, -0.05) is 18.2 Å². The van der Waals surface area contributed by atoms with E-state index >= 15 is 0 Å². The molecule has 17 heavy (non-hydrogen) atoms. The van der Waals surface area contributed by atoms with Gasteiger partial charge in [0.05, 0.1) is 6.61 Å². The van der Waals surface area contributed by atoms with Crippen LogP contribution in [0.1, 0.15) is 11.5 Å². The SMILES string of the molecule is NC(CSCC1COc2ccccc21)C(=O)O. The number of ether oxygens (including phenoxy) is 1. The third kappa shape index (κ3) is 2.92. The molecule has 5 heteroatoms. The Morgan fingerprint density at radius 2 is 2.35 bits per heavy atom. The van der Waals surface area contributed by atoms with E-state index in [1.165, 1.54) is 5.56 Å². The van der Waals surface area contributed by atoms with Gasteiger partial charge >= 0.3 is 5.97 Å². The van der Waals surface area contributed by atoms with Crippen molar-refractivity contribution in [2.24, 2.45) is 5.73 Å². The van der Waals surface area contributed by atoms with Gasteiger partial charge in [0, 0.05) is 23.0 Å². The normalized spacial score (nSPS) is 19.5. The summed E-state index contributed by atoms with van der Waals surface area (Å²) in [5.74, 6) is 1.63. The van der Waals surface area contributed by atoms with Gasteiger partial charge in [0.1, 0.15) is 11.8 Å². The number of hydrogen-bond donors (Lipinski definition) is 2. The molecule has 1 heterocycles. The predicted octanol–water partition coefficient (Wildman–Crippen LogP) is 1.31. The number of carboxylic acid groups (broad SMARTS) is 1. The second kappa shape index (κ2) is 5.42. The number of rotatable bonds is 5. The summed E-state index contributed by atoms with van der Waals surface area (Å²) in [7, 11) is 0. The predicted molar refractivity (Wildman–Crippen MR) is 67.6 cm³/mol. The van der Waals surface area contributed by atoms with Crippen molar-refractivity contribution >= 4 is 17.7 Å². The molecule has 0 fully saturated rings. The molecule has 92 valence electrons. The fourth-order valence-corrected chi connectivity index (χ4v) is 2.87. The van der Waals surface area contributed by atoms with Crippen LogP contribution in [0.15, 0.2) is 24.3 Å². The van der Waals surface area contributed by atoms with Crippen molar-refractivity contribution < 1.29 is 14.6 Å². The Hall–Kier alpha value is -1.20. The topological polar surface area (TPSA) is 72.5 Å². The standard InChI is InChI=1S/C12H15NO3S/c13-10(12(14)15)7-17-6-8-5-16-11-4-2-1-3-9(8)11/h1-4,8,10H,5-7,13H2,(H,14,15). The first-order chi connectivity index (χ1) is 8.18. The van der Waals surface area contributed by atoms with E-state index in [-0.39, 0.29) is 0 Å².